The Morgan fingerprint density at radius 2 is 2.00 bits per heavy atom. The van der Waals surface area contributed by atoms with E-state index in [1.54, 1.807) is 0 Å². The summed E-state index contributed by atoms with van der Waals surface area (Å²) in [4.78, 5) is 16.9. The first-order valence-electron chi connectivity index (χ1n) is 10.8. The number of aromatic nitrogens is 1. The molecule has 1 aromatic heterocycles. The molecule has 6 heteroatoms. The number of oxazole rings is 1. The lowest BCUT2D eigenvalue weighted by Gasteiger charge is -2.21. The first-order chi connectivity index (χ1) is 15.2. The topological polar surface area (TPSA) is 88.1 Å². The summed E-state index contributed by atoms with van der Waals surface area (Å²) in [6.45, 7) is 11.8. The normalized spacial score (nSPS) is 13.6. The van der Waals surface area contributed by atoms with E-state index in [4.69, 9.17) is 9.15 Å². The summed E-state index contributed by atoms with van der Waals surface area (Å²) >= 11 is 0. The van der Waals surface area contributed by atoms with Crippen molar-refractivity contribution in [1.29, 1.82) is 5.26 Å². The fraction of sp³-hybridized carbons (Fsp3) is 0.346. The molecule has 0 aliphatic heterocycles. The Bertz CT molecular complexity index is 1240. The average molecular weight is 430 g/mol. The van der Waals surface area contributed by atoms with Crippen LogP contribution in [0.1, 0.15) is 62.1 Å². The van der Waals surface area contributed by atoms with Crippen molar-refractivity contribution in [3.05, 3.63) is 59.5 Å². The molecule has 0 unspecified atom stereocenters. The van der Waals surface area contributed by atoms with Crippen LogP contribution in [0, 0.1) is 18.3 Å². The van der Waals surface area contributed by atoms with Crippen LogP contribution >= 0.6 is 0 Å². The lowest BCUT2D eigenvalue weighted by Crippen LogP contribution is -2.33. The third-order valence-corrected chi connectivity index (χ3v) is 5.41. The number of nitriles is 1. The molecule has 3 aromatic rings. The Balaban J connectivity index is 1.84. The smallest absolute Gasteiger partial charge is 0.407 e. The van der Waals surface area contributed by atoms with Gasteiger partial charge in [-0.05, 0) is 62.8 Å². The molecule has 1 saturated carbocycles. The van der Waals surface area contributed by atoms with Gasteiger partial charge in [0.1, 0.15) is 17.2 Å². The molecular weight excluding hydrogens is 402 g/mol. The Kier molecular flexibility index (Phi) is 5.52. The van der Waals surface area contributed by atoms with E-state index in [0.717, 1.165) is 35.1 Å². The predicted octanol–water partition coefficient (Wildman–Crippen LogP) is 6.09. The first kappa shape index (κ1) is 21.6. The summed E-state index contributed by atoms with van der Waals surface area (Å²) in [5.41, 5.74) is 5.06. The molecule has 0 atom stereocenters. The molecule has 2 aromatic carbocycles. The lowest BCUT2D eigenvalue weighted by molar-refractivity contribution is 0.0535. The van der Waals surface area contributed by atoms with E-state index >= 15 is 0 Å². The van der Waals surface area contributed by atoms with Crippen LogP contribution in [0.25, 0.3) is 27.8 Å². The van der Waals surface area contributed by atoms with E-state index in [0.29, 0.717) is 34.0 Å². The van der Waals surface area contributed by atoms with Crippen LogP contribution in [-0.2, 0) is 4.74 Å². The minimum atomic E-state index is -0.594. The Hall–Kier alpha value is -3.59. The molecule has 1 amide bonds. The molecule has 1 N–H and O–H groups in total. The van der Waals surface area contributed by atoms with Gasteiger partial charge in [0.2, 0.25) is 0 Å². The first-order valence-corrected chi connectivity index (χ1v) is 10.8. The summed E-state index contributed by atoms with van der Waals surface area (Å²) in [6, 6.07) is 12.2. The van der Waals surface area contributed by atoms with Crippen molar-refractivity contribution in [2.75, 3.05) is 6.54 Å². The number of benzene rings is 2. The Morgan fingerprint density at radius 3 is 2.59 bits per heavy atom. The standard InChI is InChI=1S/C26H27N3O3/c1-15(14-28-25(30)32-26(3,4)5)20-21(17-9-7-6-8-10-17)16(2)19(13-27)22-23(20)31-24(29-22)18-11-12-18/h6-10,18H,1,11-12,14H2,2-5H3,(H,28,30). The monoisotopic (exact) mass is 429 g/mol. The second kappa shape index (κ2) is 8.16. The van der Waals surface area contributed by atoms with Gasteiger partial charge < -0.3 is 14.5 Å². The maximum absolute atomic E-state index is 12.2. The second-order valence-corrected chi connectivity index (χ2v) is 9.19. The number of nitrogens with one attached hydrogen (secondary N) is 1. The third-order valence-electron chi connectivity index (χ3n) is 5.41. The number of hydrogen-bond acceptors (Lipinski definition) is 5. The average Bonchev–Trinajstić information content (AvgIpc) is 3.50. The number of ether oxygens (including phenoxy) is 1. The van der Waals surface area contributed by atoms with Crippen molar-refractivity contribution in [3.8, 4) is 17.2 Å². The molecule has 164 valence electrons. The summed E-state index contributed by atoms with van der Waals surface area (Å²) in [6.07, 6.45) is 1.56. The van der Waals surface area contributed by atoms with Gasteiger partial charge in [-0.3, -0.25) is 0 Å². The molecule has 0 saturated heterocycles. The van der Waals surface area contributed by atoms with Crippen molar-refractivity contribution < 1.29 is 13.9 Å². The van der Waals surface area contributed by atoms with E-state index in [9.17, 15) is 10.1 Å². The van der Waals surface area contributed by atoms with E-state index < -0.39 is 11.7 Å². The number of rotatable bonds is 5. The molecule has 1 aliphatic carbocycles. The molecule has 4 rings (SSSR count). The van der Waals surface area contributed by atoms with E-state index in [1.807, 2.05) is 58.0 Å². The fourth-order valence-corrected chi connectivity index (χ4v) is 3.81. The van der Waals surface area contributed by atoms with Gasteiger partial charge in [-0.2, -0.15) is 5.26 Å². The SMILES string of the molecule is C=C(CNC(=O)OC(C)(C)C)c1c(-c2ccccc2)c(C)c(C#N)c2nc(C3CC3)oc12. The third kappa shape index (κ3) is 4.24. The summed E-state index contributed by atoms with van der Waals surface area (Å²) in [5, 5.41) is 12.7. The molecule has 1 fully saturated rings. The van der Waals surface area contributed by atoms with Crippen molar-refractivity contribution in [3.63, 3.8) is 0 Å². The van der Waals surface area contributed by atoms with Gasteiger partial charge in [-0.15, -0.1) is 0 Å². The molecule has 0 spiro atoms. The van der Waals surface area contributed by atoms with Crippen molar-refractivity contribution in [2.24, 2.45) is 0 Å². The maximum Gasteiger partial charge on any atom is 0.407 e. The molecule has 0 bridgehead atoms. The summed E-state index contributed by atoms with van der Waals surface area (Å²) < 4.78 is 11.6. The summed E-state index contributed by atoms with van der Waals surface area (Å²) in [5.74, 6) is 0.964. The van der Waals surface area contributed by atoms with Crippen molar-refractivity contribution in [1.82, 2.24) is 10.3 Å². The van der Waals surface area contributed by atoms with Gasteiger partial charge in [0, 0.05) is 18.0 Å². The van der Waals surface area contributed by atoms with E-state index in [1.165, 1.54) is 0 Å². The number of nitrogens with zero attached hydrogens (tertiary/aromatic N) is 2. The van der Waals surface area contributed by atoms with Crippen LogP contribution in [0.4, 0.5) is 4.79 Å². The molecule has 6 nitrogen and oxygen atoms in total. The maximum atomic E-state index is 12.2. The fourth-order valence-electron chi connectivity index (χ4n) is 3.81. The number of hydrogen-bond donors (Lipinski definition) is 1. The van der Waals surface area contributed by atoms with Gasteiger partial charge in [0.05, 0.1) is 5.56 Å². The number of carbonyl (C=O) groups is 1. The van der Waals surface area contributed by atoms with Crippen molar-refractivity contribution in [2.45, 2.75) is 52.1 Å². The Morgan fingerprint density at radius 1 is 1.31 bits per heavy atom. The quantitative estimate of drug-likeness (QED) is 0.530. The summed E-state index contributed by atoms with van der Waals surface area (Å²) in [7, 11) is 0. The highest BCUT2D eigenvalue weighted by Gasteiger charge is 2.32. The predicted molar refractivity (Wildman–Crippen MR) is 124 cm³/mol. The van der Waals surface area contributed by atoms with Crippen LogP contribution in [0.2, 0.25) is 0 Å². The number of alkyl carbamates (subject to hydrolysis) is 1. The molecule has 1 heterocycles. The molecule has 32 heavy (non-hydrogen) atoms. The highest BCUT2D eigenvalue weighted by Crippen LogP contribution is 2.45. The zero-order chi connectivity index (χ0) is 23.0. The number of fused-ring (bicyclic) bond motifs is 1. The largest absolute Gasteiger partial charge is 0.444 e. The van der Waals surface area contributed by atoms with Gasteiger partial charge >= 0.3 is 6.09 Å². The van der Waals surface area contributed by atoms with Gasteiger partial charge in [0.15, 0.2) is 11.5 Å². The minimum absolute atomic E-state index is 0.175. The highest BCUT2D eigenvalue weighted by molar-refractivity contribution is 6.01. The van der Waals surface area contributed by atoms with E-state index in [2.05, 4.69) is 22.9 Å². The van der Waals surface area contributed by atoms with Crippen LogP contribution in [0.3, 0.4) is 0 Å². The second-order valence-electron chi connectivity index (χ2n) is 9.19. The van der Waals surface area contributed by atoms with Crippen LogP contribution in [0.15, 0.2) is 41.3 Å². The zero-order valence-corrected chi connectivity index (χ0v) is 18.9. The van der Waals surface area contributed by atoms with Crippen LogP contribution in [0.5, 0.6) is 0 Å². The van der Waals surface area contributed by atoms with Crippen molar-refractivity contribution >= 4 is 22.8 Å². The van der Waals surface area contributed by atoms with Gasteiger partial charge in [-0.25, -0.2) is 9.78 Å². The highest BCUT2D eigenvalue weighted by atomic mass is 16.6. The number of amides is 1. The van der Waals surface area contributed by atoms with Crippen LogP contribution in [-0.4, -0.2) is 23.2 Å². The van der Waals surface area contributed by atoms with Gasteiger partial charge in [0.25, 0.3) is 0 Å². The van der Waals surface area contributed by atoms with Gasteiger partial charge in [-0.1, -0.05) is 36.9 Å². The van der Waals surface area contributed by atoms with Crippen LogP contribution < -0.4 is 5.32 Å². The molecular formula is C26H27N3O3. The van der Waals surface area contributed by atoms with E-state index in [-0.39, 0.29) is 6.54 Å². The Labute approximate surface area is 187 Å². The number of carbonyl (C=O) groups excluding carboxylic acids is 1. The molecule has 1 aliphatic rings. The lowest BCUT2D eigenvalue weighted by atomic mass is 9.87. The minimum Gasteiger partial charge on any atom is -0.444 e. The zero-order valence-electron chi connectivity index (χ0n) is 18.9. The molecule has 0 radical (unpaired) electrons.